The maximum Gasteiger partial charge on any atom is 0.355 e. The van der Waals surface area contributed by atoms with E-state index in [1.807, 2.05) is 6.92 Å². The SMILES string of the molecule is C=CC1=C(C(=O)OC(C)(C)C)N2C(=O)[C@@H](N)[C@H]2SC1.Cc1ccc(S(=O)(=O)O)cc1. The highest BCUT2D eigenvalue weighted by atomic mass is 32.2. The Morgan fingerprint density at radius 1 is 1.33 bits per heavy atom. The molecular weight excluding hydrogens is 428 g/mol. The molecule has 3 rings (SSSR count). The van der Waals surface area contributed by atoms with E-state index in [0.29, 0.717) is 11.4 Å². The average Bonchev–Trinajstić information content (AvgIpc) is 2.64. The smallest absolute Gasteiger partial charge is 0.355 e. The van der Waals surface area contributed by atoms with Crippen LogP contribution in [0.25, 0.3) is 0 Å². The number of β-lactam (4-membered cyclic amide) rings is 1. The third-order valence-electron chi connectivity index (χ3n) is 4.20. The van der Waals surface area contributed by atoms with Crippen molar-refractivity contribution in [3.63, 3.8) is 0 Å². The number of allylic oxidation sites excluding steroid dienone is 1. The first-order valence-electron chi connectivity index (χ1n) is 9.09. The van der Waals surface area contributed by atoms with Crippen LogP contribution in [-0.2, 0) is 24.4 Å². The van der Waals surface area contributed by atoms with Crippen molar-refractivity contribution in [2.45, 2.75) is 49.6 Å². The Morgan fingerprint density at radius 2 is 1.90 bits per heavy atom. The molecule has 10 heteroatoms. The molecule has 2 aliphatic heterocycles. The maximum atomic E-state index is 12.3. The number of rotatable bonds is 3. The summed E-state index contributed by atoms with van der Waals surface area (Å²) in [6.45, 7) is 10.9. The molecule has 1 aromatic carbocycles. The fourth-order valence-electron chi connectivity index (χ4n) is 2.72. The molecule has 30 heavy (non-hydrogen) atoms. The normalized spacial score (nSPS) is 21.1. The van der Waals surface area contributed by atoms with Crippen molar-refractivity contribution in [2.24, 2.45) is 5.73 Å². The molecule has 2 aliphatic rings. The van der Waals surface area contributed by atoms with E-state index in [2.05, 4.69) is 6.58 Å². The molecule has 0 aromatic heterocycles. The van der Waals surface area contributed by atoms with Gasteiger partial charge >= 0.3 is 5.97 Å². The van der Waals surface area contributed by atoms with Crippen molar-refractivity contribution in [1.82, 2.24) is 4.90 Å². The quantitative estimate of drug-likeness (QED) is 0.404. The summed E-state index contributed by atoms with van der Waals surface area (Å²) in [4.78, 5) is 25.5. The number of hydrogen-bond acceptors (Lipinski definition) is 7. The van der Waals surface area contributed by atoms with Gasteiger partial charge in [0.25, 0.3) is 10.1 Å². The molecule has 1 saturated heterocycles. The van der Waals surface area contributed by atoms with Crippen LogP contribution in [0.5, 0.6) is 0 Å². The molecule has 0 unspecified atom stereocenters. The second kappa shape index (κ2) is 8.93. The molecule has 164 valence electrons. The number of nitrogens with two attached hydrogens (primary N) is 1. The summed E-state index contributed by atoms with van der Waals surface area (Å²) in [6.07, 6.45) is 1.60. The zero-order valence-corrected chi connectivity index (χ0v) is 18.9. The maximum absolute atomic E-state index is 12.3. The van der Waals surface area contributed by atoms with E-state index in [0.717, 1.165) is 11.1 Å². The lowest BCUT2D eigenvalue weighted by Gasteiger charge is -2.48. The Kier molecular flexibility index (Phi) is 7.18. The molecule has 1 fully saturated rings. The summed E-state index contributed by atoms with van der Waals surface area (Å²) in [5.74, 6) is -0.120. The Morgan fingerprint density at radius 3 is 2.37 bits per heavy atom. The van der Waals surface area contributed by atoms with E-state index in [-0.39, 0.29) is 16.2 Å². The molecule has 1 aromatic rings. The van der Waals surface area contributed by atoms with Crippen LogP contribution in [0.3, 0.4) is 0 Å². The Hall–Kier alpha value is -2.14. The number of fused-ring (bicyclic) bond motifs is 1. The standard InChI is InChI=1S/C13H18N2O3S.C7H8O3S/c1-5-7-6-19-11-8(14)10(16)15(11)9(7)12(17)18-13(2,3)4;1-6-2-4-7(5-3-6)11(8,9)10/h5,8,11H,1,6,14H2,2-4H3;2-5H,1H3,(H,8,9,10)/t8-,11-;/m1./s1. The highest BCUT2D eigenvalue weighted by Crippen LogP contribution is 2.40. The average molecular weight is 455 g/mol. The second-order valence-corrected chi connectivity index (χ2v) is 10.3. The number of carbonyl (C=O) groups excluding carboxylic acids is 2. The van der Waals surface area contributed by atoms with Crippen molar-refractivity contribution in [1.29, 1.82) is 0 Å². The molecular formula is C20H26N2O6S2. The van der Waals surface area contributed by atoms with E-state index in [4.69, 9.17) is 15.0 Å². The van der Waals surface area contributed by atoms with Crippen LogP contribution < -0.4 is 5.73 Å². The van der Waals surface area contributed by atoms with Crippen molar-refractivity contribution in [3.8, 4) is 0 Å². The monoisotopic (exact) mass is 454 g/mol. The van der Waals surface area contributed by atoms with E-state index >= 15 is 0 Å². The number of aryl methyl sites for hydroxylation is 1. The van der Waals surface area contributed by atoms with Crippen LogP contribution >= 0.6 is 11.8 Å². The summed E-state index contributed by atoms with van der Waals surface area (Å²) in [5, 5.41) is -0.168. The van der Waals surface area contributed by atoms with Gasteiger partial charge in [-0.25, -0.2) is 4.79 Å². The molecule has 0 saturated carbocycles. The minimum absolute atomic E-state index is 0.0666. The van der Waals surface area contributed by atoms with Crippen LogP contribution in [0.1, 0.15) is 26.3 Å². The van der Waals surface area contributed by atoms with Gasteiger partial charge in [-0.05, 0) is 45.4 Å². The second-order valence-electron chi connectivity index (χ2n) is 7.80. The number of ether oxygens (including phenoxy) is 1. The molecule has 3 N–H and O–H groups in total. The summed E-state index contributed by atoms with van der Waals surface area (Å²) in [6, 6.07) is 5.45. The van der Waals surface area contributed by atoms with Gasteiger partial charge in [-0.2, -0.15) is 8.42 Å². The molecule has 1 amide bonds. The number of esters is 1. The molecule has 0 spiro atoms. The lowest BCUT2D eigenvalue weighted by atomic mass is 10.0. The first-order chi connectivity index (χ1) is 13.8. The third kappa shape index (κ3) is 5.51. The van der Waals surface area contributed by atoms with Gasteiger partial charge in [0.15, 0.2) is 0 Å². The van der Waals surface area contributed by atoms with Crippen molar-refractivity contribution in [3.05, 3.63) is 53.8 Å². The number of hydrogen-bond donors (Lipinski definition) is 2. The Bertz CT molecular complexity index is 978. The summed E-state index contributed by atoms with van der Waals surface area (Å²) >= 11 is 1.54. The fourth-order valence-corrected chi connectivity index (χ4v) is 4.49. The molecule has 0 aliphatic carbocycles. The number of thioether (sulfide) groups is 1. The summed E-state index contributed by atoms with van der Waals surface area (Å²) in [5.41, 5.74) is 7.10. The largest absolute Gasteiger partial charge is 0.455 e. The predicted octanol–water partition coefficient (Wildman–Crippen LogP) is 2.25. The van der Waals surface area contributed by atoms with Crippen LogP contribution in [0.4, 0.5) is 0 Å². The predicted molar refractivity (Wildman–Crippen MR) is 115 cm³/mol. The Balaban J connectivity index is 0.000000248. The van der Waals surface area contributed by atoms with E-state index in [9.17, 15) is 18.0 Å². The van der Waals surface area contributed by atoms with Gasteiger partial charge in [0.05, 0.1) is 4.90 Å². The van der Waals surface area contributed by atoms with Gasteiger partial charge in [-0.1, -0.05) is 30.4 Å². The van der Waals surface area contributed by atoms with Gasteiger partial charge in [0.2, 0.25) is 5.91 Å². The highest BCUT2D eigenvalue weighted by molar-refractivity contribution is 8.00. The van der Waals surface area contributed by atoms with E-state index < -0.39 is 27.7 Å². The summed E-state index contributed by atoms with van der Waals surface area (Å²) < 4.78 is 34.9. The minimum atomic E-state index is -4.02. The van der Waals surface area contributed by atoms with Crippen LogP contribution in [0.2, 0.25) is 0 Å². The Labute approximate surface area is 180 Å². The van der Waals surface area contributed by atoms with Gasteiger partial charge in [0, 0.05) is 5.75 Å². The van der Waals surface area contributed by atoms with Crippen molar-refractivity contribution < 1.29 is 27.3 Å². The third-order valence-corrected chi connectivity index (χ3v) is 6.39. The molecule has 2 atom stereocenters. The zero-order valence-electron chi connectivity index (χ0n) is 17.3. The topological polar surface area (TPSA) is 127 Å². The summed E-state index contributed by atoms with van der Waals surface area (Å²) in [7, 11) is -4.02. The highest BCUT2D eigenvalue weighted by Gasteiger charge is 2.52. The molecule has 8 nitrogen and oxygen atoms in total. The number of nitrogens with zero attached hydrogens (tertiary/aromatic N) is 1. The molecule has 0 radical (unpaired) electrons. The zero-order chi connectivity index (χ0) is 22.9. The lowest BCUT2D eigenvalue weighted by Crippen LogP contribution is -2.68. The fraction of sp³-hybridized carbons (Fsp3) is 0.400. The van der Waals surface area contributed by atoms with E-state index in [1.54, 1.807) is 39.0 Å². The number of amides is 1. The van der Waals surface area contributed by atoms with Gasteiger partial charge < -0.3 is 10.5 Å². The van der Waals surface area contributed by atoms with Gasteiger partial charge in [0.1, 0.15) is 22.7 Å². The first kappa shape index (κ1) is 24.1. The molecule has 0 bridgehead atoms. The van der Waals surface area contributed by atoms with Crippen LogP contribution in [-0.4, -0.2) is 52.5 Å². The van der Waals surface area contributed by atoms with E-state index in [1.165, 1.54) is 28.8 Å². The van der Waals surface area contributed by atoms with Crippen LogP contribution in [0.15, 0.2) is 53.1 Å². The number of benzene rings is 1. The van der Waals surface area contributed by atoms with Crippen molar-refractivity contribution in [2.75, 3.05) is 5.75 Å². The lowest BCUT2D eigenvalue weighted by molar-refractivity contribution is -0.157. The van der Waals surface area contributed by atoms with Gasteiger partial charge in [-0.3, -0.25) is 14.2 Å². The number of carbonyl (C=O) groups is 2. The van der Waals surface area contributed by atoms with Crippen molar-refractivity contribution >= 4 is 33.8 Å². The molecule has 2 heterocycles. The van der Waals surface area contributed by atoms with Crippen LogP contribution in [0, 0.1) is 6.92 Å². The van der Waals surface area contributed by atoms with Gasteiger partial charge in [-0.15, -0.1) is 11.8 Å². The minimum Gasteiger partial charge on any atom is -0.455 e. The first-order valence-corrected chi connectivity index (χ1v) is 11.6.